The molecule has 0 spiro atoms. The van der Waals surface area contributed by atoms with E-state index in [1.165, 1.54) is 6.08 Å². The third kappa shape index (κ3) is 5.51. The molecule has 0 aromatic heterocycles. The smallest absolute Gasteiger partial charge is 0.331 e. The van der Waals surface area contributed by atoms with Gasteiger partial charge in [-0.1, -0.05) is 51.8 Å². The minimum Gasteiger partial charge on any atom is -0.452 e. The number of hydrogen-bond donors (Lipinski definition) is 1. The highest BCUT2D eigenvalue weighted by Gasteiger charge is 2.08. The summed E-state index contributed by atoms with van der Waals surface area (Å²) in [5.74, 6) is -1.02. The molecule has 24 heavy (non-hydrogen) atoms. The highest BCUT2D eigenvalue weighted by molar-refractivity contribution is 9.10. The Hall–Kier alpha value is -2.11. The van der Waals surface area contributed by atoms with Gasteiger partial charge in [0.1, 0.15) is 0 Å². The first-order valence-electron chi connectivity index (χ1n) is 7.11. The first-order chi connectivity index (χ1) is 11.5. The van der Waals surface area contributed by atoms with Crippen LogP contribution in [0.5, 0.6) is 0 Å². The number of nitrogens with one attached hydrogen (secondary N) is 1. The summed E-state index contributed by atoms with van der Waals surface area (Å²) < 4.78 is 5.79. The maximum Gasteiger partial charge on any atom is 0.331 e. The molecule has 0 radical (unpaired) electrons. The maximum atomic E-state index is 11.8. The van der Waals surface area contributed by atoms with Crippen molar-refractivity contribution < 1.29 is 14.3 Å². The number of halogens is 2. The Bertz CT molecular complexity index is 790. The molecule has 0 saturated carbocycles. The van der Waals surface area contributed by atoms with Crippen LogP contribution in [0.25, 0.3) is 6.08 Å². The van der Waals surface area contributed by atoms with Gasteiger partial charge in [-0.15, -0.1) is 0 Å². The molecule has 0 fully saturated rings. The van der Waals surface area contributed by atoms with Crippen molar-refractivity contribution in [3.63, 3.8) is 0 Å². The van der Waals surface area contributed by atoms with Crippen LogP contribution in [0, 0.1) is 6.92 Å². The van der Waals surface area contributed by atoms with Crippen LogP contribution in [-0.2, 0) is 14.3 Å². The molecule has 0 unspecified atom stereocenters. The van der Waals surface area contributed by atoms with Gasteiger partial charge in [0.15, 0.2) is 6.61 Å². The Morgan fingerprint density at radius 2 is 2.00 bits per heavy atom. The van der Waals surface area contributed by atoms with Gasteiger partial charge in [0.2, 0.25) is 0 Å². The van der Waals surface area contributed by atoms with Gasteiger partial charge in [-0.05, 0) is 42.3 Å². The van der Waals surface area contributed by atoms with Gasteiger partial charge in [0.25, 0.3) is 5.91 Å². The molecule has 0 aliphatic carbocycles. The zero-order valence-corrected chi connectivity index (χ0v) is 15.2. The van der Waals surface area contributed by atoms with E-state index in [0.29, 0.717) is 10.7 Å². The van der Waals surface area contributed by atoms with Gasteiger partial charge in [-0.2, -0.15) is 0 Å². The largest absolute Gasteiger partial charge is 0.452 e. The zero-order chi connectivity index (χ0) is 17.5. The monoisotopic (exact) mass is 407 g/mol. The van der Waals surface area contributed by atoms with Crippen LogP contribution in [-0.4, -0.2) is 18.5 Å². The van der Waals surface area contributed by atoms with Gasteiger partial charge >= 0.3 is 5.97 Å². The number of esters is 1. The van der Waals surface area contributed by atoms with E-state index >= 15 is 0 Å². The number of aryl methyl sites for hydroxylation is 1. The van der Waals surface area contributed by atoms with Crippen molar-refractivity contribution in [3.05, 3.63) is 69.2 Å². The Morgan fingerprint density at radius 1 is 1.25 bits per heavy atom. The highest BCUT2D eigenvalue weighted by atomic mass is 79.9. The molecule has 0 aliphatic rings. The molecule has 0 aliphatic heterocycles. The molecule has 1 N–H and O–H groups in total. The van der Waals surface area contributed by atoms with Crippen LogP contribution in [0.1, 0.15) is 11.1 Å². The summed E-state index contributed by atoms with van der Waals surface area (Å²) in [6.07, 6.45) is 2.89. The summed E-state index contributed by atoms with van der Waals surface area (Å²) in [5.41, 5.74) is 2.30. The molecule has 0 bridgehead atoms. The average molecular weight is 409 g/mol. The third-order valence-electron chi connectivity index (χ3n) is 3.12. The van der Waals surface area contributed by atoms with Crippen LogP contribution in [0.2, 0.25) is 5.02 Å². The zero-order valence-electron chi connectivity index (χ0n) is 12.9. The lowest BCUT2D eigenvalue weighted by Crippen LogP contribution is -2.20. The summed E-state index contributed by atoms with van der Waals surface area (Å²) >= 11 is 9.27. The summed E-state index contributed by atoms with van der Waals surface area (Å²) in [7, 11) is 0. The molecular formula is C18H15BrClNO3. The summed E-state index contributed by atoms with van der Waals surface area (Å²) in [4.78, 5) is 23.5. The molecule has 2 aromatic carbocycles. The van der Waals surface area contributed by atoms with E-state index < -0.39 is 11.9 Å². The minimum absolute atomic E-state index is 0.370. The van der Waals surface area contributed by atoms with E-state index in [1.807, 2.05) is 31.2 Å². The Kier molecular flexibility index (Phi) is 6.58. The molecule has 2 rings (SSSR count). The lowest BCUT2D eigenvalue weighted by Gasteiger charge is -2.08. The SMILES string of the molecule is Cc1ccc(Cl)cc1NC(=O)COC(=O)/C=C/c1ccccc1Br. The number of carbonyl (C=O) groups is 2. The van der Waals surface area contributed by atoms with E-state index in [0.717, 1.165) is 15.6 Å². The first kappa shape index (κ1) is 18.2. The number of anilines is 1. The second-order valence-corrected chi connectivity index (χ2v) is 6.26. The third-order valence-corrected chi connectivity index (χ3v) is 4.08. The second-order valence-electron chi connectivity index (χ2n) is 4.97. The molecule has 1 amide bonds. The predicted octanol–water partition coefficient (Wildman–Crippen LogP) is 4.61. The number of benzene rings is 2. The Balaban J connectivity index is 1.86. The number of hydrogen-bond acceptors (Lipinski definition) is 3. The summed E-state index contributed by atoms with van der Waals surface area (Å²) in [5, 5.41) is 3.17. The summed E-state index contributed by atoms with van der Waals surface area (Å²) in [6.45, 7) is 1.48. The molecule has 0 heterocycles. The fourth-order valence-corrected chi connectivity index (χ4v) is 2.46. The van der Waals surface area contributed by atoms with Gasteiger partial charge in [-0.3, -0.25) is 4.79 Å². The molecular weight excluding hydrogens is 394 g/mol. The maximum absolute atomic E-state index is 11.8. The Labute approximate surface area is 153 Å². The average Bonchev–Trinajstić information content (AvgIpc) is 2.55. The van der Waals surface area contributed by atoms with Crippen molar-refractivity contribution in [2.45, 2.75) is 6.92 Å². The summed E-state index contributed by atoms with van der Waals surface area (Å²) in [6, 6.07) is 12.6. The minimum atomic E-state index is -0.594. The highest BCUT2D eigenvalue weighted by Crippen LogP contribution is 2.20. The molecule has 0 saturated heterocycles. The van der Waals surface area contributed by atoms with Crippen molar-refractivity contribution in [2.24, 2.45) is 0 Å². The number of rotatable bonds is 5. The van der Waals surface area contributed by atoms with Gasteiger partial charge in [-0.25, -0.2) is 4.79 Å². The van der Waals surface area contributed by atoms with E-state index in [4.69, 9.17) is 16.3 Å². The van der Waals surface area contributed by atoms with Gasteiger partial charge in [0.05, 0.1) is 0 Å². The van der Waals surface area contributed by atoms with E-state index in [9.17, 15) is 9.59 Å². The number of ether oxygens (including phenoxy) is 1. The fourth-order valence-electron chi connectivity index (χ4n) is 1.87. The lowest BCUT2D eigenvalue weighted by atomic mass is 10.2. The van der Waals surface area contributed by atoms with E-state index in [1.54, 1.807) is 24.3 Å². The van der Waals surface area contributed by atoms with Crippen LogP contribution >= 0.6 is 27.5 Å². The predicted molar refractivity (Wildman–Crippen MR) is 99.0 cm³/mol. The quantitative estimate of drug-likeness (QED) is 0.581. The molecule has 6 heteroatoms. The van der Waals surface area contributed by atoms with Crippen LogP contribution in [0.4, 0.5) is 5.69 Å². The van der Waals surface area contributed by atoms with Crippen LogP contribution in [0.15, 0.2) is 53.0 Å². The molecule has 4 nitrogen and oxygen atoms in total. The van der Waals surface area contributed by atoms with Crippen molar-refractivity contribution >= 4 is 51.2 Å². The lowest BCUT2D eigenvalue weighted by molar-refractivity contribution is -0.142. The topological polar surface area (TPSA) is 55.4 Å². The van der Waals surface area contributed by atoms with Gasteiger partial charge in [0, 0.05) is 21.3 Å². The van der Waals surface area contributed by atoms with Gasteiger partial charge < -0.3 is 10.1 Å². The standard InChI is InChI=1S/C18H15BrClNO3/c1-12-6-8-14(20)10-16(12)21-17(22)11-24-18(23)9-7-13-4-2-3-5-15(13)19/h2-10H,11H2,1H3,(H,21,22)/b9-7+. The number of carbonyl (C=O) groups excluding carboxylic acids is 2. The van der Waals surface area contributed by atoms with Crippen LogP contribution in [0.3, 0.4) is 0 Å². The molecule has 0 atom stereocenters. The van der Waals surface area contributed by atoms with Crippen molar-refractivity contribution in [3.8, 4) is 0 Å². The molecule has 2 aromatic rings. The Morgan fingerprint density at radius 3 is 2.75 bits per heavy atom. The van der Waals surface area contributed by atoms with Crippen molar-refractivity contribution in [1.82, 2.24) is 0 Å². The second kappa shape index (κ2) is 8.66. The van der Waals surface area contributed by atoms with Crippen molar-refractivity contribution in [1.29, 1.82) is 0 Å². The fraction of sp³-hybridized carbons (Fsp3) is 0.111. The van der Waals surface area contributed by atoms with E-state index in [-0.39, 0.29) is 6.61 Å². The first-order valence-corrected chi connectivity index (χ1v) is 8.28. The van der Waals surface area contributed by atoms with Crippen molar-refractivity contribution in [2.75, 3.05) is 11.9 Å². The van der Waals surface area contributed by atoms with Crippen LogP contribution < -0.4 is 5.32 Å². The van der Waals surface area contributed by atoms with E-state index in [2.05, 4.69) is 21.2 Å². The normalized spacial score (nSPS) is 10.6. The number of amides is 1. The molecule has 124 valence electrons.